The number of halogens is 1. The fourth-order valence-corrected chi connectivity index (χ4v) is 4.61. The van der Waals surface area contributed by atoms with Crippen molar-refractivity contribution in [3.05, 3.63) is 66.2 Å². The average molecular weight is 402 g/mol. The monoisotopic (exact) mass is 402 g/mol. The second kappa shape index (κ2) is 7.64. The van der Waals surface area contributed by atoms with Crippen LogP contribution in [-0.4, -0.2) is 58.9 Å². The van der Waals surface area contributed by atoms with Crippen LogP contribution in [0.1, 0.15) is 5.56 Å². The van der Waals surface area contributed by atoms with Crippen LogP contribution in [0.2, 0.25) is 0 Å². The largest absolute Gasteiger partial charge is 0.352 e. The van der Waals surface area contributed by atoms with Crippen LogP contribution < -0.4 is 4.90 Å². The van der Waals surface area contributed by atoms with Crippen molar-refractivity contribution in [2.75, 3.05) is 31.1 Å². The van der Waals surface area contributed by atoms with Gasteiger partial charge in [-0.15, -0.1) is 10.2 Å². The topological polar surface area (TPSA) is 84.2 Å². The normalized spacial score (nSPS) is 15.7. The Kier molecular flexibility index (Phi) is 5.05. The summed E-state index contributed by atoms with van der Waals surface area (Å²) >= 11 is 0. The summed E-state index contributed by atoms with van der Waals surface area (Å²) in [7, 11) is -3.45. The van der Waals surface area contributed by atoms with Crippen molar-refractivity contribution in [1.29, 1.82) is 0 Å². The number of rotatable bonds is 5. The molecule has 2 aromatic heterocycles. The van der Waals surface area contributed by atoms with E-state index in [0.717, 1.165) is 0 Å². The molecule has 0 atom stereocenters. The van der Waals surface area contributed by atoms with E-state index in [4.69, 9.17) is 0 Å². The molecule has 0 aliphatic carbocycles. The Morgan fingerprint density at radius 3 is 2.21 bits per heavy atom. The first-order valence-corrected chi connectivity index (χ1v) is 10.4. The molecule has 3 heterocycles. The van der Waals surface area contributed by atoms with Gasteiger partial charge in [0.25, 0.3) is 0 Å². The van der Waals surface area contributed by atoms with Crippen LogP contribution in [0.4, 0.5) is 10.2 Å². The Labute approximate surface area is 162 Å². The standard InChI is InChI=1S/C18H19FN6O2S/c19-16-4-2-15(3-5-16)14-28(26,27)24-12-10-23(11-13-24)17-6-7-18(22-21-17)25-9-1-8-20-25/h1-9H,10-14H2. The van der Waals surface area contributed by atoms with Crippen molar-refractivity contribution < 1.29 is 12.8 Å². The first-order valence-electron chi connectivity index (χ1n) is 8.82. The quantitative estimate of drug-likeness (QED) is 0.642. The Morgan fingerprint density at radius 1 is 0.929 bits per heavy atom. The highest BCUT2D eigenvalue weighted by Crippen LogP contribution is 2.18. The highest BCUT2D eigenvalue weighted by atomic mass is 32.2. The maximum Gasteiger partial charge on any atom is 0.218 e. The molecule has 0 N–H and O–H groups in total. The van der Waals surface area contributed by atoms with Crippen molar-refractivity contribution in [1.82, 2.24) is 24.3 Å². The fourth-order valence-electron chi connectivity index (χ4n) is 3.09. The Hall–Kier alpha value is -2.85. The SMILES string of the molecule is O=S(=O)(Cc1ccc(F)cc1)N1CCN(c2ccc(-n3cccn3)nn2)CC1. The van der Waals surface area contributed by atoms with E-state index in [2.05, 4.69) is 15.3 Å². The van der Waals surface area contributed by atoms with Crippen LogP contribution in [-0.2, 0) is 15.8 Å². The zero-order chi connectivity index (χ0) is 19.6. The second-order valence-electron chi connectivity index (χ2n) is 6.47. The molecule has 1 aromatic carbocycles. The molecule has 10 heteroatoms. The van der Waals surface area contributed by atoms with E-state index in [1.165, 1.54) is 28.6 Å². The van der Waals surface area contributed by atoms with E-state index >= 15 is 0 Å². The van der Waals surface area contributed by atoms with E-state index in [1.807, 2.05) is 17.0 Å². The van der Waals surface area contributed by atoms with Crippen molar-refractivity contribution in [3.8, 4) is 5.82 Å². The molecule has 0 bridgehead atoms. The lowest BCUT2D eigenvalue weighted by Gasteiger charge is -2.34. The van der Waals surface area contributed by atoms with Gasteiger partial charge in [0.05, 0.1) is 5.75 Å². The van der Waals surface area contributed by atoms with Gasteiger partial charge < -0.3 is 4.90 Å². The van der Waals surface area contributed by atoms with E-state index in [0.29, 0.717) is 43.4 Å². The van der Waals surface area contributed by atoms with Gasteiger partial charge in [0, 0.05) is 38.6 Å². The average Bonchev–Trinajstić information content (AvgIpc) is 3.25. The van der Waals surface area contributed by atoms with Crippen LogP contribution >= 0.6 is 0 Å². The van der Waals surface area contributed by atoms with Crippen molar-refractivity contribution in [3.63, 3.8) is 0 Å². The van der Waals surface area contributed by atoms with Gasteiger partial charge >= 0.3 is 0 Å². The van der Waals surface area contributed by atoms with Gasteiger partial charge in [0.1, 0.15) is 5.82 Å². The summed E-state index contributed by atoms with van der Waals surface area (Å²) < 4.78 is 41.4. The van der Waals surface area contributed by atoms with Gasteiger partial charge in [-0.2, -0.15) is 9.40 Å². The molecule has 0 radical (unpaired) electrons. The Balaban J connectivity index is 1.38. The number of hydrogen-bond acceptors (Lipinski definition) is 6. The molecule has 1 aliphatic heterocycles. The highest BCUT2D eigenvalue weighted by Gasteiger charge is 2.27. The van der Waals surface area contributed by atoms with Gasteiger partial charge in [0.2, 0.25) is 10.0 Å². The fraction of sp³-hybridized carbons (Fsp3) is 0.278. The minimum absolute atomic E-state index is 0.133. The van der Waals surface area contributed by atoms with Crippen molar-refractivity contribution >= 4 is 15.8 Å². The molecule has 3 aromatic rings. The first kappa shape index (κ1) is 18.5. The number of benzene rings is 1. The Bertz CT molecular complexity index is 1010. The zero-order valence-electron chi connectivity index (χ0n) is 15.0. The minimum Gasteiger partial charge on any atom is -0.352 e. The van der Waals surface area contributed by atoms with Gasteiger partial charge in [-0.25, -0.2) is 17.5 Å². The smallest absolute Gasteiger partial charge is 0.218 e. The number of aromatic nitrogens is 4. The summed E-state index contributed by atoms with van der Waals surface area (Å²) in [6.45, 7) is 1.79. The number of anilines is 1. The van der Waals surface area contributed by atoms with E-state index < -0.39 is 10.0 Å². The molecular formula is C18H19FN6O2S. The third-order valence-corrected chi connectivity index (χ3v) is 6.44. The number of sulfonamides is 1. The molecule has 0 amide bonds. The summed E-state index contributed by atoms with van der Waals surface area (Å²) in [6.07, 6.45) is 3.45. The third-order valence-electron chi connectivity index (χ3n) is 4.59. The van der Waals surface area contributed by atoms with Crippen molar-refractivity contribution in [2.45, 2.75) is 5.75 Å². The predicted molar refractivity (Wildman–Crippen MR) is 102 cm³/mol. The predicted octanol–water partition coefficient (Wildman–Crippen LogP) is 1.45. The Morgan fingerprint density at radius 2 is 1.61 bits per heavy atom. The third kappa shape index (κ3) is 4.02. The van der Waals surface area contributed by atoms with E-state index in [-0.39, 0.29) is 11.6 Å². The molecular weight excluding hydrogens is 383 g/mol. The summed E-state index contributed by atoms with van der Waals surface area (Å²) in [6, 6.07) is 11.0. The van der Waals surface area contributed by atoms with Gasteiger partial charge in [-0.1, -0.05) is 12.1 Å². The van der Waals surface area contributed by atoms with E-state index in [1.54, 1.807) is 23.1 Å². The number of piperazine rings is 1. The van der Waals surface area contributed by atoms with E-state index in [9.17, 15) is 12.8 Å². The maximum absolute atomic E-state index is 13.0. The molecule has 1 aliphatic rings. The number of hydrogen-bond donors (Lipinski definition) is 0. The molecule has 4 rings (SSSR count). The van der Waals surface area contributed by atoms with Gasteiger partial charge in [-0.05, 0) is 35.9 Å². The van der Waals surface area contributed by atoms with Crippen LogP contribution in [0, 0.1) is 5.82 Å². The summed E-state index contributed by atoms with van der Waals surface area (Å²) in [5.41, 5.74) is 0.573. The highest BCUT2D eigenvalue weighted by molar-refractivity contribution is 7.88. The van der Waals surface area contributed by atoms with Crippen LogP contribution in [0.15, 0.2) is 54.9 Å². The van der Waals surface area contributed by atoms with Crippen LogP contribution in [0.5, 0.6) is 0 Å². The molecule has 0 saturated carbocycles. The molecule has 0 spiro atoms. The first-order chi connectivity index (χ1) is 13.5. The minimum atomic E-state index is -3.45. The molecule has 28 heavy (non-hydrogen) atoms. The van der Waals surface area contributed by atoms with Gasteiger partial charge in [0.15, 0.2) is 11.6 Å². The second-order valence-corrected chi connectivity index (χ2v) is 8.44. The molecule has 1 saturated heterocycles. The molecule has 0 unspecified atom stereocenters. The summed E-state index contributed by atoms with van der Waals surface area (Å²) in [5.74, 6) is 0.807. The van der Waals surface area contributed by atoms with Crippen LogP contribution in [0.25, 0.3) is 5.82 Å². The number of nitrogens with zero attached hydrogens (tertiary/aromatic N) is 6. The summed E-state index contributed by atoms with van der Waals surface area (Å²) in [5, 5.41) is 12.5. The molecule has 8 nitrogen and oxygen atoms in total. The summed E-state index contributed by atoms with van der Waals surface area (Å²) in [4.78, 5) is 2.00. The van der Waals surface area contributed by atoms with Crippen LogP contribution in [0.3, 0.4) is 0 Å². The lowest BCUT2D eigenvalue weighted by Crippen LogP contribution is -2.49. The van der Waals surface area contributed by atoms with Gasteiger partial charge in [-0.3, -0.25) is 0 Å². The zero-order valence-corrected chi connectivity index (χ0v) is 15.8. The van der Waals surface area contributed by atoms with Crippen molar-refractivity contribution in [2.24, 2.45) is 0 Å². The lowest BCUT2D eigenvalue weighted by molar-refractivity contribution is 0.383. The maximum atomic E-state index is 13.0. The molecule has 146 valence electrons. The lowest BCUT2D eigenvalue weighted by atomic mass is 10.2. The molecule has 1 fully saturated rings.